The van der Waals surface area contributed by atoms with E-state index in [1.54, 1.807) is 13.2 Å². The minimum absolute atomic E-state index is 0.0125. The van der Waals surface area contributed by atoms with E-state index in [9.17, 15) is 9.59 Å². The Kier molecular flexibility index (Phi) is 6.76. The molecule has 1 aliphatic heterocycles. The molecule has 1 unspecified atom stereocenters. The van der Waals surface area contributed by atoms with Crippen LogP contribution in [0, 0.1) is 0 Å². The van der Waals surface area contributed by atoms with E-state index in [1.807, 2.05) is 6.07 Å². The number of ether oxygens (including phenoxy) is 3. The van der Waals surface area contributed by atoms with Crippen molar-refractivity contribution in [3.05, 3.63) is 22.7 Å². The molecule has 3 heterocycles. The molecule has 146 valence electrons. The van der Waals surface area contributed by atoms with Crippen LogP contribution in [0.2, 0.25) is 0 Å². The lowest BCUT2D eigenvalue weighted by atomic mass is 10.2. The SMILES string of the molecule is COc1cc2sc(C(=O)CCC(=O)O)cc2nc1CCOC1CCCCO1. The standard InChI is InChI=1S/C19H23NO6S/c1-24-15-11-16-13(10-17(27-16)14(21)5-6-18(22)23)20-12(15)7-9-26-19-4-2-3-8-25-19/h10-11,19H,2-9H2,1H3,(H,22,23). The number of carboxylic acids is 1. The first kappa shape index (κ1) is 19.7. The van der Waals surface area contributed by atoms with Crippen LogP contribution in [0.1, 0.15) is 47.5 Å². The van der Waals surface area contributed by atoms with Crippen molar-refractivity contribution < 1.29 is 28.9 Å². The van der Waals surface area contributed by atoms with Crippen LogP contribution in [0.15, 0.2) is 12.1 Å². The summed E-state index contributed by atoms with van der Waals surface area (Å²) in [5, 5.41) is 8.73. The van der Waals surface area contributed by atoms with Gasteiger partial charge in [-0.2, -0.15) is 0 Å². The predicted octanol–water partition coefficient (Wildman–Crippen LogP) is 3.44. The Bertz CT molecular complexity index is 812. The number of ketones is 1. The second-order valence-corrected chi connectivity index (χ2v) is 7.45. The summed E-state index contributed by atoms with van der Waals surface area (Å²) < 4.78 is 17.6. The summed E-state index contributed by atoms with van der Waals surface area (Å²) >= 11 is 1.31. The van der Waals surface area contributed by atoms with Crippen LogP contribution in [0.25, 0.3) is 10.2 Å². The quantitative estimate of drug-likeness (QED) is 0.652. The average molecular weight is 393 g/mol. The fourth-order valence-corrected chi connectivity index (χ4v) is 3.95. The molecular formula is C19H23NO6S. The summed E-state index contributed by atoms with van der Waals surface area (Å²) in [5.74, 6) is -0.505. The fraction of sp³-hybridized carbons (Fsp3) is 0.526. The first-order valence-corrected chi connectivity index (χ1v) is 9.84. The minimum atomic E-state index is -0.978. The van der Waals surface area contributed by atoms with E-state index in [0.29, 0.717) is 29.2 Å². The summed E-state index contributed by atoms with van der Waals surface area (Å²) in [7, 11) is 1.59. The maximum atomic E-state index is 12.2. The highest BCUT2D eigenvalue weighted by molar-refractivity contribution is 7.20. The number of carbonyl (C=O) groups is 2. The van der Waals surface area contributed by atoms with Crippen LogP contribution in [-0.4, -0.2) is 48.5 Å². The summed E-state index contributed by atoms with van der Waals surface area (Å²) in [6, 6.07) is 3.59. The Morgan fingerprint density at radius 1 is 1.33 bits per heavy atom. The highest BCUT2D eigenvalue weighted by atomic mass is 32.1. The molecule has 1 saturated heterocycles. The Morgan fingerprint density at radius 2 is 2.19 bits per heavy atom. The van der Waals surface area contributed by atoms with Gasteiger partial charge in [-0.1, -0.05) is 0 Å². The molecule has 7 nitrogen and oxygen atoms in total. The number of thiophene rings is 1. The first-order valence-electron chi connectivity index (χ1n) is 9.02. The molecule has 2 aromatic rings. The number of aliphatic carboxylic acids is 1. The molecule has 0 saturated carbocycles. The van der Waals surface area contributed by atoms with E-state index in [0.717, 1.165) is 36.3 Å². The number of methoxy groups -OCH3 is 1. The lowest BCUT2D eigenvalue weighted by Crippen LogP contribution is -2.23. The van der Waals surface area contributed by atoms with Crippen molar-refractivity contribution in [3.63, 3.8) is 0 Å². The highest BCUT2D eigenvalue weighted by Crippen LogP contribution is 2.31. The maximum Gasteiger partial charge on any atom is 0.303 e. The monoisotopic (exact) mass is 393 g/mol. The molecule has 2 aromatic heterocycles. The smallest absolute Gasteiger partial charge is 0.303 e. The van der Waals surface area contributed by atoms with E-state index < -0.39 is 5.97 Å². The van der Waals surface area contributed by atoms with Gasteiger partial charge in [0.25, 0.3) is 0 Å². The van der Waals surface area contributed by atoms with Crippen molar-refractivity contribution in [2.45, 2.75) is 44.8 Å². The molecule has 0 amide bonds. The Morgan fingerprint density at radius 3 is 2.89 bits per heavy atom. The molecule has 0 bridgehead atoms. The zero-order chi connectivity index (χ0) is 19.2. The number of pyridine rings is 1. The molecule has 1 aliphatic rings. The Labute approximate surface area is 161 Å². The van der Waals surface area contributed by atoms with Gasteiger partial charge < -0.3 is 19.3 Å². The molecule has 0 aliphatic carbocycles. The Hall–Kier alpha value is -2.03. The molecule has 1 fully saturated rings. The van der Waals surface area contributed by atoms with E-state index in [1.165, 1.54) is 11.3 Å². The Balaban J connectivity index is 1.69. The molecule has 27 heavy (non-hydrogen) atoms. The summed E-state index contributed by atoms with van der Waals surface area (Å²) in [6.07, 6.45) is 3.36. The van der Waals surface area contributed by atoms with Gasteiger partial charge in [0, 0.05) is 25.5 Å². The van der Waals surface area contributed by atoms with Gasteiger partial charge >= 0.3 is 5.97 Å². The number of fused-ring (bicyclic) bond motifs is 1. The number of aromatic nitrogens is 1. The van der Waals surface area contributed by atoms with Gasteiger partial charge in [-0.3, -0.25) is 9.59 Å². The predicted molar refractivity (Wildman–Crippen MR) is 101 cm³/mol. The van der Waals surface area contributed by atoms with Gasteiger partial charge in [-0.05, 0) is 25.3 Å². The zero-order valence-electron chi connectivity index (χ0n) is 15.2. The van der Waals surface area contributed by atoms with Crippen molar-refractivity contribution in [1.82, 2.24) is 4.98 Å². The maximum absolute atomic E-state index is 12.2. The number of hydrogen-bond donors (Lipinski definition) is 1. The number of carboxylic acid groups (broad SMARTS) is 1. The number of nitrogens with zero attached hydrogens (tertiary/aromatic N) is 1. The summed E-state index contributed by atoms with van der Waals surface area (Å²) in [4.78, 5) is 28.0. The van der Waals surface area contributed by atoms with E-state index >= 15 is 0 Å². The number of Topliss-reactive ketones (excluding diaryl/α,β-unsaturated/α-hetero) is 1. The van der Waals surface area contributed by atoms with Gasteiger partial charge in [0.1, 0.15) is 5.75 Å². The van der Waals surface area contributed by atoms with E-state index in [-0.39, 0.29) is 24.9 Å². The lowest BCUT2D eigenvalue weighted by Gasteiger charge is -2.22. The van der Waals surface area contributed by atoms with Crippen LogP contribution in [0.5, 0.6) is 5.75 Å². The van der Waals surface area contributed by atoms with Crippen LogP contribution in [0.3, 0.4) is 0 Å². The average Bonchev–Trinajstić information content (AvgIpc) is 3.09. The van der Waals surface area contributed by atoms with Crippen molar-refractivity contribution in [2.24, 2.45) is 0 Å². The second-order valence-electron chi connectivity index (χ2n) is 6.37. The van der Waals surface area contributed by atoms with Gasteiger partial charge in [0.15, 0.2) is 12.1 Å². The summed E-state index contributed by atoms with van der Waals surface area (Å²) in [5.41, 5.74) is 1.48. The van der Waals surface area contributed by atoms with Crippen molar-refractivity contribution in [3.8, 4) is 5.75 Å². The molecular weight excluding hydrogens is 370 g/mol. The highest BCUT2D eigenvalue weighted by Gasteiger charge is 2.17. The van der Waals surface area contributed by atoms with Gasteiger partial charge in [0.2, 0.25) is 0 Å². The first-order chi connectivity index (χ1) is 13.1. The molecule has 0 radical (unpaired) electrons. The van der Waals surface area contributed by atoms with E-state index in [2.05, 4.69) is 4.98 Å². The van der Waals surface area contributed by atoms with Gasteiger partial charge in [-0.25, -0.2) is 4.98 Å². The molecule has 8 heteroatoms. The van der Waals surface area contributed by atoms with Crippen LogP contribution >= 0.6 is 11.3 Å². The minimum Gasteiger partial charge on any atom is -0.495 e. The topological polar surface area (TPSA) is 95.0 Å². The molecule has 0 aromatic carbocycles. The second kappa shape index (κ2) is 9.25. The largest absolute Gasteiger partial charge is 0.495 e. The van der Waals surface area contributed by atoms with Crippen LogP contribution in [0.4, 0.5) is 0 Å². The zero-order valence-corrected chi connectivity index (χ0v) is 16.0. The third-order valence-corrected chi connectivity index (χ3v) is 5.50. The van der Waals surface area contributed by atoms with Gasteiger partial charge in [0.05, 0.1) is 40.9 Å². The van der Waals surface area contributed by atoms with E-state index in [4.69, 9.17) is 19.3 Å². The van der Waals surface area contributed by atoms with Crippen LogP contribution in [-0.2, 0) is 20.7 Å². The number of hydrogen-bond acceptors (Lipinski definition) is 7. The van der Waals surface area contributed by atoms with Crippen molar-refractivity contribution in [2.75, 3.05) is 20.3 Å². The fourth-order valence-electron chi connectivity index (χ4n) is 2.96. The molecule has 3 rings (SSSR count). The molecule has 1 N–H and O–H groups in total. The third-order valence-electron chi connectivity index (χ3n) is 4.38. The molecule has 0 spiro atoms. The summed E-state index contributed by atoms with van der Waals surface area (Å²) in [6.45, 7) is 1.22. The number of carbonyl (C=O) groups excluding carboxylic acids is 1. The molecule has 1 atom stereocenters. The van der Waals surface area contributed by atoms with Crippen LogP contribution < -0.4 is 4.74 Å². The normalized spacial score (nSPS) is 17.1. The lowest BCUT2D eigenvalue weighted by molar-refractivity contribution is -0.161. The number of rotatable bonds is 9. The van der Waals surface area contributed by atoms with Crippen molar-refractivity contribution >= 4 is 33.3 Å². The van der Waals surface area contributed by atoms with Gasteiger partial charge in [-0.15, -0.1) is 11.3 Å². The third kappa shape index (κ3) is 5.24. The van der Waals surface area contributed by atoms with Crippen molar-refractivity contribution in [1.29, 1.82) is 0 Å².